The Morgan fingerprint density at radius 3 is 1.26 bits per heavy atom. The average Bonchev–Trinajstić information content (AvgIpc) is 3.76. The lowest BCUT2D eigenvalue weighted by molar-refractivity contribution is -0.122. The van der Waals surface area contributed by atoms with Crippen molar-refractivity contribution in [1.29, 1.82) is 0 Å². The van der Waals surface area contributed by atoms with Gasteiger partial charge in [0.1, 0.15) is 11.8 Å². The van der Waals surface area contributed by atoms with Crippen molar-refractivity contribution in [3.63, 3.8) is 0 Å². The number of Topliss-reactive ketones (excluding diaryl/α,β-unsaturated/α-hetero) is 6. The minimum absolute atomic E-state index is 0.0177. The zero-order chi connectivity index (χ0) is 24.8. The highest BCUT2D eigenvalue weighted by Gasteiger charge is 2.49. The summed E-state index contributed by atoms with van der Waals surface area (Å²) >= 11 is 0. The Kier molecular flexibility index (Phi) is 4.51. The lowest BCUT2D eigenvalue weighted by Crippen LogP contribution is -2.26. The number of fused-ring (bicyclic) bond motifs is 2. The minimum Gasteiger partial charge on any atom is -0.298 e. The number of carbonyl (C=O) groups excluding carboxylic acids is 6. The van der Waals surface area contributed by atoms with Crippen molar-refractivity contribution < 1.29 is 37.2 Å². The Balaban J connectivity index is 1.35. The molecule has 176 valence electrons. The minimum atomic E-state index is -4.24. The van der Waals surface area contributed by atoms with Gasteiger partial charge in [-0.05, 0) is 62.1 Å². The first kappa shape index (κ1) is 21.9. The number of hydrogen-bond acceptors (Lipinski definition) is 8. The van der Waals surface area contributed by atoms with E-state index in [1.807, 2.05) is 0 Å². The number of rotatable bonds is 6. The largest absolute Gasteiger partial charge is 0.298 e. The summed E-state index contributed by atoms with van der Waals surface area (Å²) in [6.07, 6.45) is 2.55. The summed E-state index contributed by atoms with van der Waals surface area (Å²) in [5.74, 6) is -6.89. The van der Waals surface area contributed by atoms with Gasteiger partial charge < -0.3 is 0 Å². The zero-order valence-electron chi connectivity index (χ0n) is 18.3. The van der Waals surface area contributed by atoms with E-state index in [1.165, 1.54) is 24.3 Å². The molecule has 0 bridgehead atoms. The normalized spacial score (nSPS) is 23.4. The third-order valence-corrected chi connectivity index (χ3v) is 8.99. The van der Waals surface area contributed by atoms with Crippen LogP contribution in [0.25, 0.3) is 0 Å². The van der Waals surface area contributed by atoms with E-state index in [2.05, 4.69) is 0 Å². The Bertz CT molecular complexity index is 1430. The number of ketones is 6. The molecule has 0 saturated heterocycles. The van der Waals surface area contributed by atoms with Gasteiger partial charge >= 0.3 is 0 Å². The van der Waals surface area contributed by atoms with Gasteiger partial charge in [-0.3, -0.25) is 28.8 Å². The van der Waals surface area contributed by atoms with Gasteiger partial charge in [0.05, 0.1) is 9.79 Å². The first-order chi connectivity index (χ1) is 16.6. The second kappa shape index (κ2) is 7.21. The molecule has 2 fully saturated rings. The molecule has 0 amide bonds. The van der Waals surface area contributed by atoms with E-state index in [0.717, 1.165) is 12.1 Å². The van der Waals surface area contributed by atoms with Gasteiger partial charge in [-0.2, -0.15) is 0 Å². The molecule has 0 radical (unpaired) electrons. The zero-order valence-corrected chi connectivity index (χ0v) is 19.1. The molecular weight excluding hydrogens is 472 g/mol. The summed E-state index contributed by atoms with van der Waals surface area (Å²) in [7, 11) is -4.24. The molecule has 0 aliphatic heterocycles. The second-order valence-electron chi connectivity index (χ2n) is 9.59. The first-order valence-corrected chi connectivity index (χ1v) is 12.9. The van der Waals surface area contributed by atoms with E-state index in [9.17, 15) is 37.2 Å². The number of carbonyl (C=O) groups is 6. The van der Waals surface area contributed by atoms with Gasteiger partial charge in [0.2, 0.25) is 9.84 Å². The highest BCUT2D eigenvalue weighted by molar-refractivity contribution is 7.91. The molecule has 4 aliphatic rings. The summed E-state index contributed by atoms with van der Waals surface area (Å²) < 4.78 is 26.7. The van der Waals surface area contributed by atoms with Gasteiger partial charge in [-0.25, -0.2) is 8.42 Å². The Labute approximate surface area is 199 Å². The second-order valence-corrected chi connectivity index (χ2v) is 11.5. The molecule has 0 heterocycles. The van der Waals surface area contributed by atoms with Gasteiger partial charge in [0, 0.05) is 34.1 Å². The number of benzene rings is 2. The molecule has 2 unspecified atom stereocenters. The predicted octanol–water partition coefficient (Wildman–Crippen LogP) is 2.47. The van der Waals surface area contributed by atoms with Gasteiger partial charge in [-0.15, -0.1) is 0 Å². The van der Waals surface area contributed by atoms with Crippen LogP contribution in [0, 0.1) is 23.7 Å². The number of hydrogen-bond donors (Lipinski definition) is 0. The van der Waals surface area contributed by atoms with Crippen LogP contribution in [0.5, 0.6) is 0 Å². The smallest absolute Gasteiger partial charge is 0.206 e. The maximum atomic E-state index is 13.4. The fourth-order valence-electron chi connectivity index (χ4n) is 4.94. The van der Waals surface area contributed by atoms with E-state index >= 15 is 0 Å². The molecule has 4 aliphatic carbocycles. The molecule has 2 aromatic carbocycles. The molecule has 2 aromatic rings. The molecule has 35 heavy (non-hydrogen) atoms. The summed E-state index contributed by atoms with van der Waals surface area (Å²) in [6, 6.07) is 7.01. The van der Waals surface area contributed by atoms with Crippen LogP contribution in [-0.4, -0.2) is 43.1 Å². The van der Waals surface area contributed by atoms with Crippen LogP contribution in [0.2, 0.25) is 0 Å². The Hall–Kier alpha value is -3.59. The third-order valence-electron chi connectivity index (χ3n) is 7.24. The van der Waals surface area contributed by atoms with Crippen LogP contribution < -0.4 is 0 Å². The van der Waals surface area contributed by atoms with E-state index in [-0.39, 0.29) is 43.9 Å². The summed E-state index contributed by atoms with van der Waals surface area (Å²) in [4.78, 5) is 75.3. The van der Waals surface area contributed by atoms with Crippen molar-refractivity contribution in [3.05, 3.63) is 58.7 Å². The summed E-state index contributed by atoms with van der Waals surface area (Å²) in [5, 5.41) is 0. The lowest BCUT2D eigenvalue weighted by Gasteiger charge is -2.07. The highest BCUT2D eigenvalue weighted by atomic mass is 32.2. The summed E-state index contributed by atoms with van der Waals surface area (Å²) in [6.45, 7) is 0. The fraction of sp³-hybridized carbons (Fsp3) is 0.308. The van der Waals surface area contributed by atoms with E-state index in [0.29, 0.717) is 25.7 Å². The fourth-order valence-corrected chi connectivity index (χ4v) is 6.25. The van der Waals surface area contributed by atoms with Crippen LogP contribution >= 0.6 is 0 Å². The molecule has 2 saturated carbocycles. The standard InChI is InChI=1S/C26H18O8S/c27-21(11-1-2-11)19-23(29)15-7-5-13(9-17(15)25(19)31)35(33,34)14-6-8-16-18(10-14)26(32)20(24(16)30)22(28)12-3-4-12/h5-12,19-20H,1-4H2. The third kappa shape index (κ3) is 3.14. The average molecular weight is 490 g/mol. The molecule has 6 rings (SSSR count). The lowest BCUT2D eigenvalue weighted by atomic mass is 9.95. The van der Waals surface area contributed by atoms with Crippen LogP contribution in [0.4, 0.5) is 0 Å². The maximum Gasteiger partial charge on any atom is 0.206 e. The van der Waals surface area contributed by atoms with Crippen molar-refractivity contribution in [2.24, 2.45) is 23.7 Å². The quantitative estimate of drug-likeness (QED) is 0.563. The molecule has 9 heteroatoms. The summed E-state index contributed by atoms with van der Waals surface area (Å²) in [5.41, 5.74) is -0.191. The van der Waals surface area contributed by atoms with Crippen LogP contribution in [0.3, 0.4) is 0 Å². The van der Waals surface area contributed by atoms with Crippen molar-refractivity contribution in [1.82, 2.24) is 0 Å². The monoisotopic (exact) mass is 490 g/mol. The Morgan fingerprint density at radius 1 is 0.571 bits per heavy atom. The van der Waals surface area contributed by atoms with Crippen LogP contribution in [0.15, 0.2) is 46.2 Å². The van der Waals surface area contributed by atoms with E-state index in [1.54, 1.807) is 0 Å². The topological polar surface area (TPSA) is 137 Å². The van der Waals surface area contributed by atoms with Gasteiger partial charge in [-0.1, -0.05) is 0 Å². The van der Waals surface area contributed by atoms with E-state index in [4.69, 9.17) is 0 Å². The maximum absolute atomic E-state index is 13.4. The van der Waals surface area contributed by atoms with Crippen molar-refractivity contribution in [3.8, 4) is 0 Å². The van der Waals surface area contributed by atoms with Crippen molar-refractivity contribution in [2.75, 3.05) is 0 Å². The van der Waals surface area contributed by atoms with E-state index < -0.39 is 56.4 Å². The molecule has 2 atom stereocenters. The van der Waals surface area contributed by atoms with Crippen LogP contribution in [-0.2, 0) is 19.4 Å². The number of sulfone groups is 1. The predicted molar refractivity (Wildman–Crippen MR) is 118 cm³/mol. The molecule has 0 spiro atoms. The van der Waals surface area contributed by atoms with Crippen LogP contribution in [0.1, 0.15) is 67.1 Å². The first-order valence-electron chi connectivity index (χ1n) is 11.4. The SMILES string of the molecule is O=C1c2ccc(S(=O)(=O)c3ccc4c(c3)C(=O)C(C(=O)C3CC3)C4=O)cc2C(=O)C1C(=O)C1CC1. The van der Waals surface area contributed by atoms with Gasteiger partial charge in [0.25, 0.3) is 0 Å². The van der Waals surface area contributed by atoms with Crippen molar-refractivity contribution >= 4 is 44.5 Å². The van der Waals surface area contributed by atoms with Crippen molar-refractivity contribution in [2.45, 2.75) is 35.5 Å². The highest BCUT2D eigenvalue weighted by Crippen LogP contribution is 2.40. The molecule has 0 aromatic heterocycles. The molecule has 8 nitrogen and oxygen atoms in total. The molecular formula is C26H18O8S. The molecule has 0 N–H and O–H groups in total. The Morgan fingerprint density at radius 2 is 0.914 bits per heavy atom. The van der Waals surface area contributed by atoms with Gasteiger partial charge in [0.15, 0.2) is 34.7 Å².